The molecule has 11 heavy (non-hydrogen) atoms. The van der Waals surface area contributed by atoms with Crippen LogP contribution >= 0.6 is 0 Å². The molecule has 0 rings (SSSR count). The van der Waals surface area contributed by atoms with Crippen LogP contribution in [-0.4, -0.2) is 33.5 Å². The summed E-state index contributed by atoms with van der Waals surface area (Å²) in [5.74, 6) is -1.19. The van der Waals surface area contributed by atoms with Crippen molar-refractivity contribution in [1.82, 2.24) is 0 Å². The van der Waals surface area contributed by atoms with Crippen LogP contribution in [0.2, 0.25) is 0 Å². The van der Waals surface area contributed by atoms with Gasteiger partial charge in [0.15, 0.2) is 0 Å². The summed E-state index contributed by atoms with van der Waals surface area (Å²) in [4.78, 5) is 9.45. The van der Waals surface area contributed by atoms with Gasteiger partial charge in [0.25, 0.3) is 0 Å². The van der Waals surface area contributed by atoms with Crippen molar-refractivity contribution in [3.05, 3.63) is 6.92 Å². The van der Waals surface area contributed by atoms with E-state index in [1.807, 2.05) is 0 Å². The molecular formula is C6H13NaO4. The minimum atomic E-state index is -1.23. The van der Waals surface area contributed by atoms with Gasteiger partial charge in [0.05, 0.1) is 0 Å². The van der Waals surface area contributed by atoms with Gasteiger partial charge in [-0.3, -0.25) is 0 Å². The van der Waals surface area contributed by atoms with E-state index in [1.54, 1.807) is 6.92 Å². The zero-order chi connectivity index (χ0) is 8.73. The Balaban J connectivity index is -0.000000114. The number of hydrogen-bond acceptors (Lipinski definition) is 3. The Morgan fingerprint density at radius 3 is 1.45 bits per heavy atom. The summed E-state index contributed by atoms with van der Waals surface area (Å²) in [5.41, 5.74) is 0. The van der Waals surface area contributed by atoms with E-state index in [1.165, 1.54) is 6.92 Å². The van der Waals surface area contributed by atoms with Gasteiger partial charge in [0.2, 0.25) is 0 Å². The predicted molar refractivity (Wildman–Crippen MR) is 36.4 cm³/mol. The van der Waals surface area contributed by atoms with E-state index >= 15 is 0 Å². The summed E-state index contributed by atoms with van der Waals surface area (Å²) >= 11 is 0. The zero-order valence-corrected chi connectivity index (χ0v) is 9.11. The molecule has 0 radical (unpaired) electrons. The summed E-state index contributed by atoms with van der Waals surface area (Å²) in [6.45, 7) is 6.00. The van der Waals surface area contributed by atoms with Crippen LogP contribution in [0.5, 0.6) is 0 Å². The van der Waals surface area contributed by atoms with E-state index in [0.29, 0.717) is 0 Å². The van der Waals surface area contributed by atoms with Crippen molar-refractivity contribution < 1.29 is 49.7 Å². The third kappa shape index (κ3) is 37.9. The van der Waals surface area contributed by atoms with Crippen LogP contribution in [0.25, 0.3) is 0 Å². The quantitative estimate of drug-likeness (QED) is 0.285. The van der Waals surface area contributed by atoms with Crippen LogP contribution in [0.3, 0.4) is 0 Å². The number of aliphatic hydroxyl groups excluding tert-OH is 2. The second-order valence-electron chi connectivity index (χ2n) is 1.86. The van der Waals surface area contributed by atoms with E-state index < -0.39 is 18.2 Å². The third-order valence-corrected chi connectivity index (χ3v) is 0.357. The first kappa shape index (κ1) is 17.5. The number of rotatable bonds is 1. The molecule has 0 amide bonds. The molecule has 0 aliphatic carbocycles. The minimum Gasteiger partial charge on any atom is -0.479 e. The van der Waals surface area contributed by atoms with Crippen molar-refractivity contribution in [2.75, 3.05) is 0 Å². The van der Waals surface area contributed by atoms with Crippen molar-refractivity contribution >= 4 is 5.97 Å². The molecule has 0 heterocycles. The number of carboxylic acids is 1. The van der Waals surface area contributed by atoms with Gasteiger partial charge in [0, 0.05) is 0 Å². The number of hydrogen-bond donors (Lipinski definition) is 3. The van der Waals surface area contributed by atoms with Gasteiger partial charge in [-0.05, 0) is 6.92 Å². The topological polar surface area (TPSA) is 77.8 Å². The summed E-state index contributed by atoms with van der Waals surface area (Å²) in [6, 6.07) is 0. The molecule has 0 bridgehead atoms. The van der Waals surface area contributed by atoms with E-state index in [2.05, 4.69) is 6.92 Å². The average molecular weight is 172 g/mol. The summed E-state index contributed by atoms with van der Waals surface area (Å²) in [7, 11) is 0. The molecule has 0 aliphatic rings. The van der Waals surface area contributed by atoms with Gasteiger partial charge in [-0.2, -0.15) is 0 Å². The van der Waals surface area contributed by atoms with Crippen LogP contribution in [0.1, 0.15) is 13.8 Å². The molecule has 0 aromatic carbocycles. The maximum absolute atomic E-state index is 9.45. The fraction of sp³-hybridized carbons (Fsp3) is 0.667. The van der Waals surface area contributed by atoms with Gasteiger partial charge < -0.3 is 22.2 Å². The Labute approximate surface area is 88.5 Å². The first-order chi connectivity index (χ1) is 4.37. The zero-order valence-electron chi connectivity index (χ0n) is 7.11. The number of aliphatic hydroxyl groups is 2. The van der Waals surface area contributed by atoms with Crippen LogP contribution in [-0.2, 0) is 4.79 Å². The maximum atomic E-state index is 9.45. The van der Waals surface area contributed by atoms with Crippen molar-refractivity contribution in [3.63, 3.8) is 0 Å². The molecule has 0 fully saturated rings. The van der Waals surface area contributed by atoms with Crippen molar-refractivity contribution in [3.8, 4) is 0 Å². The van der Waals surface area contributed by atoms with Crippen LogP contribution in [0.15, 0.2) is 0 Å². The van der Waals surface area contributed by atoms with Gasteiger partial charge in [-0.1, -0.05) is 13.0 Å². The van der Waals surface area contributed by atoms with Crippen molar-refractivity contribution in [2.45, 2.75) is 26.1 Å². The van der Waals surface area contributed by atoms with Crippen LogP contribution in [0.4, 0.5) is 0 Å². The monoisotopic (exact) mass is 172 g/mol. The van der Waals surface area contributed by atoms with Crippen molar-refractivity contribution in [2.24, 2.45) is 0 Å². The Bertz CT molecular complexity index is 89.8. The standard InChI is InChI=1S/C3H6O3.C3H7O.Na/c1-2(4)3(5)6;1-3(2)4;/h2,4H,1H3,(H,5,6);3-4H,1H2,2H3;/q;-1;+1. The van der Waals surface area contributed by atoms with Gasteiger partial charge in [0.1, 0.15) is 6.10 Å². The van der Waals surface area contributed by atoms with Gasteiger partial charge in [-0.25, -0.2) is 4.79 Å². The Morgan fingerprint density at radius 2 is 1.45 bits per heavy atom. The SMILES string of the molecule is CC(O)C(=O)O.[CH2-]C(C)O.[Na+]. The second kappa shape index (κ2) is 10.4. The fourth-order valence-electron chi connectivity index (χ4n) is 0. The van der Waals surface area contributed by atoms with Gasteiger partial charge in [-0.15, -0.1) is 0 Å². The maximum Gasteiger partial charge on any atom is 1.00 e. The van der Waals surface area contributed by atoms with E-state index in [9.17, 15) is 4.79 Å². The Hall–Kier alpha value is 0.390. The molecule has 2 atom stereocenters. The number of carbonyl (C=O) groups is 1. The largest absolute Gasteiger partial charge is 1.00 e. The molecule has 0 aromatic heterocycles. The fourth-order valence-corrected chi connectivity index (χ4v) is 0. The number of aliphatic carboxylic acids is 1. The van der Waals surface area contributed by atoms with E-state index in [4.69, 9.17) is 15.3 Å². The number of carboxylic acid groups (broad SMARTS) is 1. The molecule has 0 aromatic rings. The molecule has 4 nitrogen and oxygen atoms in total. The molecule has 0 saturated heterocycles. The van der Waals surface area contributed by atoms with E-state index in [-0.39, 0.29) is 29.6 Å². The Kier molecular flexibility index (Phi) is 16.5. The van der Waals surface area contributed by atoms with E-state index in [0.717, 1.165) is 0 Å². The Morgan fingerprint density at radius 1 is 1.36 bits per heavy atom. The minimum absolute atomic E-state index is 0. The molecular weight excluding hydrogens is 159 g/mol. The van der Waals surface area contributed by atoms with Crippen molar-refractivity contribution in [1.29, 1.82) is 0 Å². The molecule has 2 unspecified atom stereocenters. The summed E-state index contributed by atoms with van der Waals surface area (Å²) < 4.78 is 0. The summed E-state index contributed by atoms with van der Waals surface area (Å²) in [6.07, 6.45) is -1.65. The normalized spacial score (nSPS) is 13.2. The summed E-state index contributed by atoms with van der Waals surface area (Å²) in [5, 5.41) is 23.7. The average Bonchev–Trinajstić information content (AvgIpc) is 1.63. The first-order valence-corrected chi connectivity index (χ1v) is 2.80. The molecule has 0 saturated carbocycles. The molecule has 5 heteroatoms. The van der Waals surface area contributed by atoms with Crippen LogP contribution < -0.4 is 29.6 Å². The third-order valence-electron chi connectivity index (χ3n) is 0.357. The predicted octanol–water partition coefficient (Wildman–Crippen LogP) is -3.34. The second-order valence-corrected chi connectivity index (χ2v) is 1.86. The molecule has 0 aliphatic heterocycles. The molecule has 0 spiro atoms. The first-order valence-electron chi connectivity index (χ1n) is 2.80. The smallest absolute Gasteiger partial charge is 0.479 e. The van der Waals surface area contributed by atoms with Gasteiger partial charge >= 0.3 is 35.5 Å². The molecule has 3 N–H and O–H groups in total. The van der Waals surface area contributed by atoms with Crippen LogP contribution in [0, 0.1) is 6.92 Å². The molecule has 62 valence electrons.